The Balaban J connectivity index is 0. The van der Waals surface area contributed by atoms with Crippen LogP contribution in [0.3, 0.4) is 0 Å². The van der Waals surface area contributed by atoms with Crippen molar-refractivity contribution in [2.45, 2.75) is 11.0 Å². The molecule has 16 heavy (non-hydrogen) atoms. The molecule has 0 amide bonds. The first kappa shape index (κ1) is 18.6. The predicted octanol–water partition coefficient (Wildman–Crippen LogP) is 0.972. The minimum atomic E-state index is -6.47. The molecular formula is C3HAgF6O4S2. The molecule has 0 aliphatic heterocycles. The molecule has 0 fully saturated rings. The van der Waals surface area contributed by atoms with Crippen molar-refractivity contribution in [2.24, 2.45) is 0 Å². The van der Waals surface area contributed by atoms with Gasteiger partial charge in [-0.1, -0.05) is 5.08 Å². The van der Waals surface area contributed by atoms with E-state index in [4.69, 9.17) is 0 Å². The van der Waals surface area contributed by atoms with Crippen molar-refractivity contribution in [3.63, 3.8) is 0 Å². The van der Waals surface area contributed by atoms with Crippen molar-refractivity contribution in [3.05, 3.63) is 5.08 Å². The van der Waals surface area contributed by atoms with Crippen LogP contribution in [0, 0.1) is 5.08 Å². The van der Waals surface area contributed by atoms with E-state index in [0.29, 0.717) is 0 Å². The molecule has 102 valence electrons. The maximum absolute atomic E-state index is 11.5. The number of sulfone groups is 2. The van der Waals surface area contributed by atoms with Crippen LogP contribution >= 0.6 is 0 Å². The predicted molar refractivity (Wildman–Crippen MR) is 34.2 cm³/mol. The van der Waals surface area contributed by atoms with Crippen molar-refractivity contribution < 1.29 is 65.6 Å². The zero-order valence-corrected chi connectivity index (χ0v) is 9.71. The summed E-state index contributed by atoms with van der Waals surface area (Å²) < 4.78 is 109. The van der Waals surface area contributed by atoms with Crippen LogP contribution in [0.4, 0.5) is 26.3 Å². The van der Waals surface area contributed by atoms with Gasteiger partial charge in [0, 0.05) is 0 Å². The van der Waals surface area contributed by atoms with E-state index in [1.807, 2.05) is 0 Å². The number of rotatable bonds is 2. The summed E-state index contributed by atoms with van der Waals surface area (Å²) in [5, 5.41) is -1.76. The van der Waals surface area contributed by atoms with Gasteiger partial charge >= 0.3 is 33.4 Å². The third-order valence-electron chi connectivity index (χ3n) is 0.899. The Kier molecular flexibility index (Phi) is 5.62. The second-order valence-electron chi connectivity index (χ2n) is 2.08. The Hall–Kier alpha value is 0.220. The van der Waals surface area contributed by atoms with Gasteiger partial charge in [0.05, 0.1) is 0 Å². The number of alkyl halides is 6. The first-order chi connectivity index (χ1) is 6.21. The Labute approximate surface area is 101 Å². The van der Waals surface area contributed by atoms with Crippen molar-refractivity contribution >= 4 is 19.7 Å². The monoisotopic (exact) mass is 386 g/mol. The van der Waals surface area contributed by atoms with E-state index < -0.39 is 35.8 Å². The molecule has 0 atom stereocenters. The first-order valence-corrected chi connectivity index (χ1v) is 5.77. The van der Waals surface area contributed by atoms with Crippen molar-refractivity contribution in [2.75, 3.05) is 0 Å². The summed E-state index contributed by atoms with van der Waals surface area (Å²) in [5.41, 5.74) is -12.2. The average molecular weight is 387 g/mol. The summed E-state index contributed by atoms with van der Waals surface area (Å²) in [6.07, 6.45) is 0. The van der Waals surface area contributed by atoms with E-state index >= 15 is 0 Å². The van der Waals surface area contributed by atoms with Gasteiger partial charge in [0.25, 0.3) is 0 Å². The molecule has 0 aromatic rings. The van der Waals surface area contributed by atoms with Crippen LogP contribution in [0.2, 0.25) is 0 Å². The average Bonchev–Trinajstić information content (AvgIpc) is 1.77. The Morgan fingerprint density at radius 2 is 0.875 bits per heavy atom. The molecule has 0 N–H and O–H groups in total. The maximum Gasteiger partial charge on any atom is 1.00 e. The van der Waals surface area contributed by atoms with E-state index in [1.165, 1.54) is 0 Å². The third kappa shape index (κ3) is 4.24. The van der Waals surface area contributed by atoms with Crippen LogP contribution in [0.5, 0.6) is 0 Å². The molecule has 0 saturated heterocycles. The molecule has 0 radical (unpaired) electrons. The molecule has 0 spiro atoms. The van der Waals surface area contributed by atoms with Gasteiger partial charge in [-0.2, -0.15) is 26.3 Å². The summed E-state index contributed by atoms with van der Waals surface area (Å²) in [6, 6.07) is 0. The molecule has 0 aromatic heterocycles. The molecular weight excluding hydrogens is 386 g/mol. The molecule has 4 nitrogen and oxygen atoms in total. The van der Waals surface area contributed by atoms with Crippen LogP contribution in [-0.4, -0.2) is 27.9 Å². The van der Waals surface area contributed by atoms with E-state index in [0.717, 1.165) is 0 Å². The van der Waals surface area contributed by atoms with Gasteiger partial charge in [-0.15, -0.1) is 0 Å². The van der Waals surface area contributed by atoms with E-state index in [9.17, 15) is 43.2 Å². The van der Waals surface area contributed by atoms with Gasteiger partial charge in [0.2, 0.25) is 0 Å². The van der Waals surface area contributed by atoms with Crippen LogP contribution < -0.4 is 0 Å². The Morgan fingerprint density at radius 1 is 0.688 bits per heavy atom. The molecule has 0 heterocycles. The standard InChI is InChI=1S/C3HF6O4S2.Ag/c4-2(5,6)14(10,11)1-15(12,13)3(7,8)9;/h1H;/q-1;+1. The van der Waals surface area contributed by atoms with E-state index in [1.54, 1.807) is 0 Å². The van der Waals surface area contributed by atoms with Gasteiger partial charge in [-0.25, -0.2) is 0 Å². The van der Waals surface area contributed by atoms with E-state index in [2.05, 4.69) is 0 Å². The Bertz CT molecular complexity index is 387. The molecule has 0 unspecified atom stereocenters. The summed E-state index contributed by atoms with van der Waals surface area (Å²) in [4.78, 5) is 0. The first-order valence-electron chi connectivity index (χ1n) is 2.68. The van der Waals surface area contributed by atoms with Crippen LogP contribution in [-0.2, 0) is 42.1 Å². The number of hydrogen-bond donors (Lipinski definition) is 0. The van der Waals surface area contributed by atoms with Gasteiger partial charge < -0.3 is 0 Å². The van der Waals surface area contributed by atoms with Crippen LogP contribution in [0.15, 0.2) is 0 Å². The molecule has 0 bridgehead atoms. The third-order valence-corrected chi connectivity index (χ3v) is 4.22. The van der Waals surface area contributed by atoms with Gasteiger partial charge in [-0.3, -0.25) is 16.8 Å². The molecule has 0 aromatic carbocycles. The zero-order valence-electron chi connectivity index (χ0n) is 6.60. The number of halogens is 6. The van der Waals surface area contributed by atoms with Gasteiger partial charge in [-0.05, 0) is 0 Å². The topological polar surface area (TPSA) is 68.3 Å². The van der Waals surface area contributed by atoms with Gasteiger partial charge in [0.1, 0.15) is 19.7 Å². The van der Waals surface area contributed by atoms with Crippen molar-refractivity contribution in [3.8, 4) is 0 Å². The second-order valence-corrected chi connectivity index (χ2v) is 5.95. The fourth-order valence-electron chi connectivity index (χ4n) is 0.276. The fraction of sp³-hybridized carbons (Fsp3) is 0.667. The van der Waals surface area contributed by atoms with Crippen LogP contribution in [0.25, 0.3) is 0 Å². The summed E-state index contributed by atoms with van der Waals surface area (Å²) in [6.45, 7) is 0. The minimum absolute atomic E-state index is 0. The largest absolute Gasteiger partial charge is 1.00 e. The van der Waals surface area contributed by atoms with Gasteiger partial charge in [0.15, 0.2) is 0 Å². The zero-order chi connectivity index (χ0) is 12.7. The second kappa shape index (κ2) is 4.84. The molecule has 0 aliphatic rings. The van der Waals surface area contributed by atoms with Crippen molar-refractivity contribution in [1.29, 1.82) is 0 Å². The fourth-order valence-corrected chi connectivity index (χ4v) is 2.48. The maximum atomic E-state index is 11.5. The molecule has 0 rings (SSSR count). The Morgan fingerprint density at radius 3 is 1.00 bits per heavy atom. The summed E-state index contributed by atoms with van der Waals surface area (Å²) in [7, 11) is -12.9. The normalized spacial score (nSPS) is 14.4. The molecule has 0 aliphatic carbocycles. The van der Waals surface area contributed by atoms with Crippen LogP contribution in [0.1, 0.15) is 0 Å². The smallest absolute Gasteiger partial charge is 0.253 e. The van der Waals surface area contributed by atoms with E-state index in [-0.39, 0.29) is 22.4 Å². The molecule has 0 saturated carbocycles. The minimum Gasteiger partial charge on any atom is -0.253 e. The molecule has 13 heteroatoms. The number of hydrogen-bond acceptors (Lipinski definition) is 4. The SMILES string of the molecule is O=S(=O)([CH-]S(=O)(=O)C(F)(F)F)C(F)(F)F.[Ag+]. The summed E-state index contributed by atoms with van der Waals surface area (Å²) >= 11 is 0. The quantitative estimate of drug-likeness (QED) is 0.403. The van der Waals surface area contributed by atoms with Crippen molar-refractivity contribution in [1.82, 2.24) is 0 Å². The summed E-state index contributed by atoms with van der Waals surface area (Å²) in [5.74, 6) is 0.